The van der Waals surface area contributed by atoms with Gasteiger partial charge in [-0.15, -0.1) is 11.3 Å². The highest BCUT2D eigenvalue weighted by atomic mass is 32.1. The smallest absolute Gasteiger partial charge is 0.138 e. The second-order valence-corrected chi connectivity index (χ2v) is 6.25. The topological polar surface area (TPSA) is 41.0 Å². The molecule has 0 bridgehead atoms. The third-order valence-corrected chi connectivity index (χ3v) is 4.78. The van der Waals surface area contributed by atoms with Crippen LogP contribution in [0.3, 0.4) is 0 Å². The van der Waals surface area contributed by atoms with Crippen molar-refractivity contribution in [1.82, 2.24) is 14.9 Å². The summed E-state index contributed by atoms with van der Waals surface area (Å²) in [6.07, 6.45) is 6.63. The maximum Gasteiger partial charge on any atom is 0.138 e. The fourth-order valence-electron chi connectivity index (χ4n) is 2.83. The van der Waals surface area contributed by atoms with Gasteiger partial charge < -0.3 is 10.2 Å². The Morgan fingerprint density at radius 3 is 2.68 bits per heavy atom. The lowest BCUT2D eigenvalue weighted by Gasteiger charge is -2.33. The van der Waals surface area contributed by atoms with E-state index >= 15 is 0 Å². The molecule has 0 radical (unpaired) electrons. The Morgan fingerprint density at radius 2 is 1.95 bits per heavy atom. The lowest BCUT2D eigenvalue weighted by molar-refractivity contribution is 0.221. The molecule has 1 aliphatic rings. The molecule has 1 saturated carbocycles. The molecule has 102 valence electrons. The zero-order valence-electron chi connectivity index (χ0n) is 11.5. The van der Waals surface area contributed by atoms with Crippen LogP contribution in [0.15, 0.2) is 17.1 Å². The summed E-state index contributed by atoms with van der Waals surface area (Å²) in [5, 5.41) is 8.96. The molecule has 0 unspecified atom stereocenters. The summed E-state index contributed by atoms with van der Waals surface area (Å²) in [7, 11) is 4.36. The number of thiophene rings is 1. The van der Waals surface area contributed by atoms with Gasteiger partial charge in [0.1, 0.15) is 12.1 Å². The number of fused-ring (bicyclic) bond motifs is 1. The third-order valence-electron chi connectivity index (χ3n) is 4.05. The second-order valence-electron chi connectivity index (χ2n) is 5.51. The van der Waals surface area contributed by atoms with Gasteiger partial charge in [-0.25, -0.2) is 9.97 Å². The summed E-state index contributed by atoms with van der Waals surface area (Å²) in [6, 6.07) is 1.29. The summed E-state index contributed by atoms with van der Waals surface area (Å²) in [6.45, 7) is 0. The number of rotatable bonds is 3. The number of nitrogens with one attached hydrogen (secondary N) is 1. The van der Waals surface area contributed by atoms with Gasteiger partial charge in [-0.2, -0.15) is 0 Å². The van der Waals surface area contributed by atoms with Crippen LogP contribution in [0.4, 0.5) is 5.82 Å². The van der Waals surface area contributed by atoms with E-state index in [9.17, 15) is 0 Å². The molecule has 2 heterocycles. The van der Waals surface area contributed by atoms with Gasteiger partial charge >= 0.3 is 0 Å². The number of hydrogen-bond donors (Lipinski definition) is 1. The Hall–Kier alpha value is -1.20. The molecular formula is C14H20N4S. The average molecular weight is 276 g/mol. The molecule has 0 aromatic carbocycles. The van der Waals surface area contributed by atoms with Crippen molar-refractivity contribution in [2.75, 3.05) is 19.4 Å². The number of hydrogen-bond acceptors (Lipinski definition) is 5. The summed E-state index contributed by atoms with van der Waals surface area (Å²) in [5.74, 6) is 1.000. The van der Waals surface area contributed by atoms with Crippen LogP contribution in [0.1, 0.15) is 25.7 Å². The van der Waals surface area contributed by atoms with Crippen LogP contribution in [0.5, 0.6) is 0 Å². The first kappa shape index (κ1) is 12.8. The molecule has 0 atom stereocenters. The van der Waals surface area contributed by atoms with Gasteiger partial charge in [0, 0.05) is 22.8 Å². The van der Waals surface area contributed by atoms with Crippen LogP contribution in [0, 0.1) is 0 Å². The minimum Gasteiger partial charge on any atom is -0.367 e. The molecule has 19 heavy (non-hydrogen) atoms. The van der Waals surface area contributed by atoms with Crippen LogP contribution in [0.2, 0.25) is 0 Å². The maximum atomic E-state index is 4.40. The van der Waals surface area contributed by atoms with Gasteiger partial charge in [-0.05, 0) is 39.8 Å². The summed E-state index contributed by atoms with van der Waals surface area (Å²) < 4.78 is 0. The van der Waals surface area contributed by atoms with Crippen molar-refractivity contribution in [2.24, 2.45) is 0 Å². The van der Waals surface area contributed by atoms with E-state index in [2.05, 4.69) is 45.0 Å². The molecule has 1 fully saturated rings. The summed E-state index contributed by atoms with van der Waals surface area (Å²) in [4.78, 5) is 11.0. The lowest BCUT2D eigenvalue weighted by Crippen LogP contribution is -2.36. The molecule has 2 aromatic rings. The third kappa shape index (κ3) is 2.72. The minimum absolute atomic E-state index is 0.550. The standard InChI is InChI=1S/C14H20N4S/c1-18(2)11-5-3-10(4-6-11)17-14-12-7-19-8-13(12)15-9-16-14/h7-11H,3-6H2,1-2H3,(H,15,16,17). The fraction of sp³-hybridized carbons (Fsp3) is 0.571. The first-order chi connectivity index (χ1) is 9.24. The largest absolute Gasteiger partial charge is 0.367 e. The zero-order valence-corrected chi connectivity index (χ0v) is 12.3. The van der Waals surface area contributed by atoms with E-state index in [1.165, 1.54) is 25.7 Å². The van der Waals surface area contributed by atoms with Crippen LogP contribution in [0.25, 0.3) is 10.9 Å². The Morgan fingerprint density at radius 1 is 1.16 bits per heavy atom. The molecule has 0 aliphatic heterocycles. The van der Waals surface area contributed by atoms with Crippen molar-refractivity contribution < 1.29 is 0 Å². The number of nitrogens with zero attached hydrogens (tertiary/aromatic N) is 3. The average Bonchev–Trinajstić information content (AvgIpc) is 2.89. The SMILES string of the molecule is CN(C)C1CCC(Nc2ncnc3cscc23)CC1. The predicted molar refractivity (Wildman–Crippen MR) is 80.8 cm³/mol. The quantitative estimate of drug-likeness (QED) is 0.935. The van der Waals surface area contributed by atoms with Gasteiger partial charge in [0.25, 0.3) is 0 Å². The van der Waals surface area contributed by atoms with Gasteiger partial charge in [-0.1, -0.05) is 0 Å². The van der Waals surface area contributed by atoms with Crippen molar-refractivity contribution in [3.05, 3.63) is 17.1 Å². The lowest BCUT2D eigenvalue weighted by atomic mass is 9.90. The van der Waals surface area contributed by atoms with E-state index in [0.29, 0.717) is 6.04 Å². The summed E-state index contributed by atoms with van der Waals surface area (Å²) >= 11 is 1.68. The van der Waals surface area contributed by atoms with E-state index in [1.54, 1.807) is 17.7 Å². The molecule has 0 amide bonds. The maximum absolute atomic E-state index is 4.40. The van der Waals surface area contributed by atoms with E-state index in [0.717, 1.165) is 22.8 Å². The first-order valence-corrected chi connectivity index (χ1v) is 7.78. The Balaban J connectivity index is 1.68. The van der Waals surface area contributed by atoms with Gasteiger partial charge in [0.15, 0.2) is 0 Å². The van der Waals surface area contributed by atoms with E-state index in [4.69, 9.17) is 0 Å². The molecule has 1 N–H and O–H groups in total. The zero-order chi connectivity index (χ0) is 13.2. The van der Waals surface area contributed by atoms with Gasteiger partial charge in [-0.3, -0.25) is 0 Å². The van der Waals surface area contributed by atoms with Gasteiger partial charge in [0.2, 0.25) is 0 Å². The van der Waals surface area contributed by atoms with Crippen molar-refractivity contribution in [2.45, 2.75) is 37.8 Å². The highest BCUT2D eigenvalue weighted by Gasteiger charge is 2.22. The molecular weight excluding hydrogens is 256 g/mol. The van der Waals surface area contributed by atoms with E-state index < -0.39 is 0 Å². The van der Waals surface area contributed by atoms with Crippen LogP contribution >= 0.6 is 11.3 Å². The molecule has 2 aromatic heterocycles. The molecule has 5 heteroatoms. The Labute approximate surface area is 117 Å². The highest BCUT2D eigenvalue weighted by molar-refractivity contribution is 7.09. The molecule has 0 spiro atoms. The predicted octanol–water partition coefficient (Wildman–Crippen LogP) is 2.98. The van der Waals surface area contributed by atoms with Crippen molar-refractivity contribution in [3.63, 3.8) is 0 Å². The first-order valence-electron chi connectivity index (χ1n) is 6.84. The Bertz CT molecular complexity index is 543. The molecule has 4 nitrogen and oxygen atoms in total. The summed E-state index contributed by atoms with van der Waals surface area (Å²) in [5.41, 5.74) is 1.05. The normalized spacial score (nSPS) is 23.9. The van der Waals surface area contributed by atoms with Crippen molar-refractivity contribution in [1.29, 1.82) is 0 Å². The molecule has 1 aliphatic carbocycles. The van der Waals surface area contributed by atoms with Crippen LogP contribution < -0.4 is 5.32 Å². The second kappa shape index (κ2) is 5.43. The number of anilines is 1. The molecule has 0 saturated heterocycles. The van der Waals surface area contributed by atoms with E-state index in [-0.39, 0.29) is 0 Å². The highest BCUT2D eigenvalue weighted by Crippen LogP contribution is 2.27. The monoisotopic (exact) mass is 276 g/mol. The van der Waals surface area contributed by atoms with Crippen molar-refractivity contribution >= 4 is 28.1 Å². The Kier molecular flexibility index (Phi) is 3.66. The molecule has 3 rings (SSSR count). The van der Waals surface area contributed by atoms with Gasteiger partial charge in [0.05, 0.1) is 10.9 Å². The van der Waals surface area contributed by atoms with Crippen LogP contribution in [-0.4, -0.2) is 41.0 Å². The van der Waals surface area contributed by atoms with Crippen LogP contribution in [-0.2, 0) is 0 Å². The number of aromatic nitrogens is 2. The van der Waals surface area contributed by atoms with E-state index in [1.807, 2.05) is 0 Å². The minimum atomic E-state index is 0.550. The van der Waals surface area contributed by atoms with Crippen molar-refractivity contribution in [3.8, 4) is 0 Å². The fourth-order valence-corrected chi connectivity index (χ4v) is 3.58.